The second-order valence-corrected chi connectivity index (χ2v) is 10.8. The average molecular weight is 557 g/mol. The highest BCUT2D eigenvalue weighted by Crippen LogP contribution is 2.55. The van der Waals surface area contributed by atoms with E-state index in [4.69, 9.17) is 4.52 Å². The van der Waals surface area contributed by atoms with Gasteiger partial charge in [-0.15, -0.1) is 0 Å². The molecule has 0 spiro atoms. The Hall–Kier alpha value is -5.30. The molecule has 1 aliphatic carbocycles. The van der Waals surface area contributed by atoms with Gasteiger partial charge in [-0.3, -0.25) is 4.79 Å². The first-order valence-electron chi connectivity index (χ1n) is 13.7. The van der Waals surface area contributed by atoms with E-state index in [-0.39, 0.29) is 29.2 Å². The lowest BCUT2D eigenvalue weighted by Crippen LogP contribution is -2.23. The van der Waals surface area contributed by atoms with Crippen molar-refractivity contribution in [3.8, 4) is 11.1 Å². The van der Waals surface area contributed by atoms with Crippen molar-refractivity contribution in [3.63, 3.8) is 0 Å². The predicted octanol–water partition coefficient (Wildman–Crippen LogP) is 7.50. The summed E-state index contributed by atoms with van der Waals surface area (Å²) in [5, 5.41) is 19.6. The number of nitrogens with one attached hydrogen (secondary N) is 1. The SMILES string of the molecule is O=C(O)c1ccc(CNC(=O)c2cc(-c3cccc(F)c3)cc3onc(C4(c5ccc6ccccc6c5)CC4)c23)cc1. The van der Waals surface area contributed by atoms with Crippen molar-refractivity contribution in [2.24, 2.45) is 0 Å². The maximum Gasteiger partial charge on any atom is 0.335 e. The van der Waals surface area contributed by atoms with Crippen LogP contribution in [0.1, 0.15) is 50.4 Å². The summed E-state index contributed by atoms with van der Waals surface area (Å²) in [6.07, 6.45) is 1.74. The Balaban J connectivity index is 1.32. The monoisotopic (exact) mass is 556 g/mol. The number of amides is 1. The average Bonchev–Trinajstić information content (AvgIpc) is 3.71. The van der Waals surface area contributed by atoms with Gasteiger partial charge in [0.25, 0.3) is 5.91 Å². The van der Waals surface area contributed by atoms with Crippen LogP contribution in [-0.2, 0) is 12.0 Å². The molecular formula is C35H25FN2O4. The van der Waals surface area contributed by atoms with Crippen molar-refractivity contribution < 1.29 is 23.6 Å². The molecule has 0 bridgehead atoms. The van der Waals surface area contributed by atoms with Crippen LogP contribution >= 0.6 is 0 Å². The Bertz CT molecular complexity index is 2010. The van der Waals surface area contributed by atoms with Crippen molar-refractivity contribution in [1.29, 1.82) is 0 Å². The smallest absolute Gasteiger partial charge is 0.335 e. The van der Waals surface area contributed by atoms with Gasteiger partial charge in [-0.05, 0) is 82.3 Å². The third-order valence-electron chi connectivity index (χ3n) is 8.14. The largest absolute Gasteiger partial charge is 0.478 e. The Morgan fingerprint density at radius 3 is 2.38 bits per heavy atom. The molecule has 6 aromatic rings. The summed E-state index contributed by atoms with van der Waals surface area (Å²) in [5.74, 6) is -1.73. The molecule has 1 amide bonds. The van der Waals surface area contributed by atoms with Gasteiger partial charge in [0.1, 0.15) is 11.5 Å². The topological polar surface area (TPSA) is 92.4 Å². The third kappa shape index (κ3) is 4.49. The van der Waals surface area contributed by atoms with Crippen molar-refractivity contribution >= 4 is 33.6 Å². The van der Waals surface area contributed by atoms with E-state index in [0.717, 1.165) is 40.4 Å². The molecule has 2 N–H and O–H groups in total. The maximum absolute atomic E-state index is 14.1. The van der Waals surface area contributed by atoms with E-state index in [2.05, 4.69) is 40.8 Å². The van der Waals surface area contributed by atoms with Gasteiger partial charge in [0, 0.05) is 12.0 Å². The van der Waals surface area contributed by atoms with Crippen LogP contribution in [0.3, 0.4) is 0 Å². The van der Waals surface area contributed by atoms with Gasteiger partial charge in [-0.25, -0.2) is 9.18 Å². The predicted molar refractivity (Wildman–Crippen MR) is 158 cm³/mol. The van der Waals surface area contributed by atoms with E-state index in [1.165, 1.54) is 24.3 Å². The van der Waals surface area contributed by atoms with Crippen LogP contribution in [0.4, 0.5) is 4.39 Å². The fraction of sp³-hybridized carbons (Fsp3) is 0.114. The highest BCUT2D eigenvalue weighted by atomic mass is 19.1. The van der Waals surface area contributed by atoms with Crippen molar-refractivity contribution in [2.45, 2.75) is 24.8 Å². The van der Waals surface area contributed by atoms with Gasteiger partial charge >= 0.3 is 5.97 Å². The van der Waals surface area contributed by atoms with Crippen molar-refractivity contribution in [1.82, 2.24) is 10.5 Å². The van der Waals surface area contributed by atoms with Gasteiger partial charge in [0.15, 0.2) is 5.58 Å². The molecule has 0 radical (unpaired) electrons. The summed E-state index contributed by atoms with van der Waals surface area (Å²) in [7, 11) is 0. The fourth-order valence-corrected chi connectivity index (χ4v) is 5.73. The first-order chi connectivity index (χ1) is 20.4. The lowest BCUT2D eigenvalue weighted by molar-refractivity contribution is 0.0696. The summed E-state index contributed by atoms with van der Waals surface area (Å²) in [4.78, 5) is 25.0. The Kier molecular flexibility index (Phi) is 6.08. The number of carbonyl (C=O) groups excluding carboxylic acids is 1. The number of carboxylic acids is 1. The van der Waals surface area contributed by atoms with Crippen LogP contribution in [0.5, 0.6) is 0 Å². The molecule has 6 nitrogen and oxygen atoms in total. The van der Waals surface area contributed by atoms with Crippen LogP contribution in [0, 0.1) is 5.82 Å². The second-order valence-electron chi connectivity index (χ2n) is 10.8. The van der Waals surface area contributed by atoms with E-state index in [9.17, 15) is 19.1 Å². The number of hydrogen-bond acceptors (Lipinski definition) is 4. The number of aromatic carboxylic acids is 1. The molecule has 7 heteroatoms. The number of hydrogen-bond donors (Lipinski definition) is 2. The lowest BCUT2D eigenvalue weighted by Gasteiger charge is -2.16. The zero-order valence-electron chi connectivity index (χ0n) is 22.4. The van der Waals surface area contributed by atoms with Crippen LogP contribution in [-0.4, -0.2) is 22.1 Å². The Morgan fingerprint density at radius 1 is 0.857 bits per heavy atom. The number of carbonyl (C=O) groups is 2. The Labute approximate surface area is 240 Å². The molecule has 0 aliphatic heterocycles. The number of nitrogens with zero attached hydrogens (tertiary/aromatic N) is 1. The number of halogens is 1. The summed E-state index contributed by atoms with van der Waals surface area (Å²) in [5.41, 5.74) is 4.48. The van der Waals surface area contributed by atoms with Gasteiger partial charge in [-0.1, -0.05) is 71.9 Å². The van der Waals surface area contributed by atoms with Crippen LogP contribution < -0.4 is 5.32 Å². The molecule has 0 atom stereocenters. The van der Waals surface area contributed by atoms with E-state index in [1.807, 2.05) is 12.1 Å². The van der Waals surface area contributed by atoms with Gasteiger partial charge in [0.2, 0.25) is 0 Å². The maximum atomic E-state index is 14.1. The molecule has 1 saturated carbocycles. The highest BCUT2D eigenvalue weighted by molar-refractivity contribution is 6.09. The normalized spacial score (nSPS) is 13.7. The molecule has 1 aromatic heterocycles. The minimum atomic E-state index is -1.01. The molecule has 1 aliphatic rings. The fourth-order valence-electron chi connectivity index (χ4n) is 5.73. The number of carboxylic acid groups (broad SMARTS) is 1. The molecular weight excluding hydrogens is 531 g/mol. The summed E-state index contributed by atoms with van der Waals surface area (Å²) in [6.45, 7) is 0.195. The second kappa shape index (κ2) is 9.96. The first kappa shape index (κ1) is 25.7. The minimum Gasteiger partial charge on any atom is -0.478 e. The molecule has 7 rings (SSSR count). The van der Waals surface area contributed by atoms with E-state index in [0.29, 0.717) is 27.7 Å². The number of fused-ring (bicyclic) bond motifs is 2. The highest BCUT2D eigenvalue weighted by Gasteiger charge is 2.50. The minimum absolute atomic E-state index is 0.173. The molecule has 5 aromatic carbocycles. The van der Waals surface area contributed by atoms with Crippen LogP contribution in [0.25, 0.3) is 32.9 Å². The van der Waals surface area contributed by atoms with Gasteiger partial charge < -0.3 is 14.9 Å². The molecule has 206 valence electrons. The molecule has 0 saturated heterocycles. The summed E-state index contributed by atoms with van der Waals surface area (Å²) < 4.78 is 20.0. The van der Waals surface area contributed by atoms with Crippen LogP contribution in [0.2, 0.25) is 0 Å². The molecule has 42 heavy (non-hydrogen) atoms. The van der Waals surface area contributed by atoms with E-state index < -0.39 is 5.97 Å². The molecule has 1 heterocycles. The third-order valence-corrected chi connectivity index (χ3v) is 8.14. The first-order valence-corrected chi connectivity index (χ1v) is 13.7. The standard InChI is InChI=1S/C35H25FN2O4/c36-28-7-3-6-25(17-28)26-18-29(33(39)37-20-21-8-10-23(11-9-21)34(40)41)31-30(19-26)42-38-32(31)35(14-15-35)27-13-12-22-4-1-2-5-24(22)16-27/h1-13,16-19H,14-15,20H2,(H,37,39)(H,40,41). The number of rotatable bonds is 7. The lowest BCUT2D eigenvalue weighted by atomic mass is 9.87. The van der Waals surface area contributed by atoms with Crippen molar-refractivity contribution in [2.75, 3.05) is 0 Å². The van der Waals surface area contributed by atoms with Crippen molar-refractivity contribution in [3.05, 3.63) is 137 Å². The Morgan fingerprint density at radius 2 is 1.64 bits per heavy atom. The number of benzene rings is 5. The quantitative estimate of drug-likeness (QED) is 0.213. The molecule has 0 unspecified atom stereocenters. The summed E-state index contributed by atoms with van der Waals surface area (Å²) >= 11 is 0. The molecule has 1 fully saturated rings. The van der Waals surface area contributed by atoms with Gasteiger partial charge in [0.05, 0.1) is 16.5 Å². The number of aromatic nitrogens is 1. The van der Waals surface area contributed by atoms with E-state index >= 15 is 0 Å². The van der Waals surface area contributed by atoms with Gasteiger partial charge in [-0.2, -0.15) is 0 Å². The summed E-state index contributed by atoms with van der Waals surface area (Å²) in [6, 6.07) is 30.7. The van der Waals surface area contributed by atoms with Crippen LogP contribution in [0.15, 0.2) is 108 Å². The van der Waals surface area contributed by atoms with E-state index in [1.54, 1.807) is 36.4 Å². The zero-order valence-corrected chi connectivity index (χ0v) is 22.4. The zero-order chi connectivity index (χ0) is 28.8.